The van der Waals surface area contributed by atoms with Gasteiger partial charge in [0.05, 0.1) is 6.54 Å². The van der Waals surface area contributed by atoms with Gasteiger partial charge in [0, 0.05) is 58.1 Å². The van der Waals surface area contributed by atoms with E-state index in [0.717, 1.165) is 64.6 Å². The van der Waals surface area contributed by atoms with Crippen molar-refractivity contribution in [3.63, 3.8) is 0 Å². The molecular weight excluding hydrogens is 378 g/mol. The number of hydrogen-bond donors (Lipinski definition) is 1. The van der Waals surface area contributed by atoms with Crippen LogP contribution in [0.1, 0.15) is 25.3 Å². The first-order chi connectivity index (χ1) is 14.7. The summed E-state index contributed by atoms with van der Waals surface area (Å²) in [4.78, 5) is 24.0. The van der Waals surface area contributed by atoms with Gasteiger partial charge >= 0.3 is 0 Å². The molecular formula is C23H33N5O2. The maximum Gasteiger partial charge on any atom is 0.251 e. The molecule has 7 nitrogen and oxygen atoms in total. The van der Waals surface area contributed by atoms with E-state index >= 15 is 0 Å². The predicted molar refractivity (Wildman–Crippen MR) is 120 cm³/mol. The van der Waals surface area contributed by atoms with Crippen molar-refractivity contribution in [1.82, 2.24) is 15.1 Å². The van der Waals surface area contributed by atoms with Crippen LogP contribution in [-0.2, 0) is 16.1 Å². The van der Waals surface area contributed by atoms with Gasteiger partial charge in [0.25, 0.3) is 5.91 Å². The largest absolute Gasteiger partial charge is 0.368 e. The van der Waals surface area contributed by atoms with Gasteiger partial charge < -0.3 is 24.8 Å². The second kappa shape index (κ2) is 9.98. The van der Waals surface area contributed by atoms with Crippen molar-refractivity contribution in [1.29, 1.82) is 0 Å². The van der Waals surface area contributed by atoms with E-state index in [0.29, 0.717) is 13.2 Å². The fraction of sp³-hybridized carbons (Fsp3) is 0.565. The van der Waals surface area contributed by atoms with E-state index in [1.54, 1.807) is 0 Å². The number of ether oxygens (including phenoxy) is 1. The summed E-state index contributed by atoms with van der Waals surface area (Å²) in [6, 6.07) is 8.69. The number of benzene rings is 1. The zero-order valence-corrected chi connectivity index (χ0v) is 17.9. The van der Waals surface area contributed by atoms with Gasteiger partial charge in [0.1, 0.15) is 6.10 Å². The number of hydrogen-bond acceptors (Lipinski definition) is 4. The van der Waals surface area contributed by atoms with Gasteiger partial charge in [-0.25, -0.2) is 4.99 Å². The monoisotopic (exact) mass is 411 g/mol. The van der Waals surface area contributed by atoms with Gasteiger partial charge in [-0.1, -0.05) is 24.3 Å². The number of guanidine groups is 1. The van der Waals surface area contributed by atoms with Gasteiger partial charge in [0.15, 0.2) is 5.96 Å². The Labute approximate surface area is 179 Å². The summed E-state index contributed by atoms with van der Waals surface area (Å²) < 4.78 is 5.56. The number of nitrogens with one attached hydrogen (secondary N) is 1. The van der Waals surface area contributed by atoms with Gasteiger partial charge in [-0.3, -0.25) is 4.79 Å². The molecule has 0 bridgehead atoms. The van der Waals surface area contributed by atoms with Crippen molar-refractivity contribution < 1.29 is 9.53 Å². The summed E-state index contributed by atoms with van der Waals surface area (Å²) in [5, 5.41) is 3.41. The molecule has 2 saturated heterocycles. The summed E-state index contributed by atoms with van der Waals surface area (Å²) in [5.41, 5.74) is 2.46. The van der Waals surface area contributed by atoms with E-state index < -0.39 is 0 Å². The Morgan fingerprint density at radius 2 is 1.80 bits per heavy atom. The van der Waals surface area contributed by atoms with Gasteiger partial charge in [-0.2, -0.15) is 0 Å². The van der Waals surface area contributed by atoms with Crippen LogP contribution < -0.4 is 10.2 Å². The minimum atomic E-state index is -0.224. The van der Waals surface area contributed by atoms with Crippen molar-refractivity contribution >= 4 is 17.6 Å². The molecule has 3 heterocycles. The summed E-state index contributed by atoms with van der Waals surface area (Å²) in [6.45, 7) is 9.30. The molecule has 3 aliphatic rings. The van der Waals surface area contributed by atoms with E-state index in [1.807, 2.05) is 4.90 Å². The lowest BCUT2D eigenvalue weighted by molar-refractivity contribution is -0.142. The molecule has 30 heavy (non-hydrogen) atoms. The molecule has 1 amide bonds. The Bertz CT molecular complexity index is 754. The first-order valence-corrected chi connectivity index (χ1v) is 11.2. The smallest absolute Gasteiger partial charge is 0.251 e. The third kappa shape index (κ3) is 4.95. The number of carbonyl (C=O) groups is 1. The highest BCUT2D eigenvalue weighted by atomic mass is 16.5. The van der Waals surface area contributed by atoms with E-state index in [2.05, 4.69) is 58.5 Å². The minimum Gasteiger partial charge on any atom is -0.368 e. The van der Waals surface area contributed by atoms with Crippen LogP contribution in [-0.4, -0.2) is 80.2 Å². The first-order valence-electron chi connectivity index (χ1n) is 11.2. The van der Waals surface area contributed by atoms with Gasteiger partial charge in [-0.15, -0.1) is 0 Å². The molecule has 1 atom stereocenters. The highest BCUT2D eigenvalue weighted by Gasteiger charge is 2.30. The average molecular weight is 412 g/mol. The van der Waals surface area contributed by atoms with Crippen LogP contribution in [0.3, 0.4) is 0 Å². The molecule has 0 radical (unpaired) electrons. The van der Waals surface area contributed by atoms with Crippen LogP contribution in [0.15, 0.2) is 41.4 Å². The molecule has 1 aromatic rings. The fourth-order valence-corrected chi connectivity index (χ4v) is 4.21. The SMILES string of the molecule is CCNC(=NCc1ccc(N2CC=CC2)cc1)N1CCN(C(=O)C2CCCO2)CC1. The van der Waals surface area contributed by atoms with E-state index in [4.69, 9.17) is 9.73 Å². The van der Waals surface area contributed by atoms with E-state index in [9.17, 15) is 4.79 Å². The summed E-state index contributed by atoms with van der Waals surface area (Å²) >= 11 is 0. The predicted octanol–water partition coefficient (Wildman–Crippen LogP) is 1.85. The molecule has 0 saturated carbocycles. The zero-order valence-electron chi connectivity index (χ0n) is 17.9. The Balaban J connectivity index is 1.32. The number of nitrogens with zero attached hydrogens (tertiary/aromatic N) is 4. The van der Waals surface area contributed by atoms with Gasteiger partial charge in [-0.05, 0) is 37.5 Å². The van der Waals surface area contributed by atoms with E-state index in [-0.39, 0.29) is 12.0 Å². The van der Waals surface area contributed by atoms with Crippen molar-refractivity contribution in [3.05, 3.63) is 42.0 Å². The van der Waals surface area contributed by atoms with Crippen LogP contribution in [0, 0.1) is 0 Å². The Kier molecular flexibility index (Phi) is 6.89. The lowest BCUT2D eigenvalue weighted by atomic mass is 10.2. The highest BCUT2D eigenvalue weighted by molar-refractivity contribution is 5.82. The Morgan fingerprint density at radius 1 is 1.10 bits per heavy atom. The molecule has 0 aliphatic carbocycles. The number of carbonyl (C=O) groups excluding carboxylic acids is 1. The third-order valence-corrected chi connectivity index (χ3v) is 5.96. The normalized spacial score (nSPS) is 22.1. The lowest BCUT2D eigenvalue weighted by Gasteiger charge is -2.37. The number of rotatable bonds is 5. The molecule has 0 spiro atoms. The lowest BCUT2D eigenvalue weighted by Crippen LogP contribution is -2.55. The molecule has 0 aromatic heterocycles. The molecule has 1 unspecified atom stereocenters. The minimum absolute atomic E-state index is 0.155. The molecule has 1 N–H and O–H groups in total. The summed E-state index contributed by atoms with van der Waals surface area (Å²) in [7, 11) is 0. The average Bonchev–Trinajstić information content (AvgIpc) is 3.51. The molecule has 3 aliphatic heterocycles. The van der Waals surface area contributed by atoms with Crippen LogP contribution in [0.5, 0.6) is 0 Å². The Morgan fingerprint density at radius 3 is 2.43 bits per heavy atom. The van der Waals surface area contributed by atoms with Crippen LogP contribution in [0.2, 0.25) is 0 Å². The molecule has 7 heteroatoms. The maximum absolute atomic E-state index is 12.6. The zero-order chi connectivity index (χ0) is 20.8. The number of anilines is 1. The second-order valence-corrected chi connectivity index (χ2v) is 8.03. The van der Waals surface area contributed by atoms with Crippen molar-refractivity contribution in [2.75, 3.05) is 57.3 Å². The summed E-state index contributed by atoms with van der Waals surface area (Å²) in [5.74, 6) is 1.08. The molecule has 162 valence electrons. The van der Waals surface area contributed by atoms with Gasteiger partial charge in [0.2, 0.25) is 0 Å². The molecule has 2 fully saturated rings. The number of amides is 1. The van der Waals surface area contributed by atoms with Crippen molar-refractivity contribution in [2.45, 2.75) is 32.4 Å². The third-order valence-electron chi connectivity index (χ3n) is 5.96. The molecule has 1 aromatic carbocycles. The fourth-order valence-electron chi connectivity index (χ4n) is 4.21. The van der Waals surface area contributed by atoms with Crippen LogP contribution in [0.25, 0.3) is 0 Å². The van der Waals surface area contributed by atoms with Crippen molar-refractivity contribution in [2.24, 2.45) is 4.99 Å². The van der Waals surface area contributed by atoms with Crippen molar-refractivity contribution in [3.8, 4) is 0 Å². The number of piperazine rings is 1. The maximum atomic E-state index is 12.6. The Hall–Kier alpha value is -2.54. The second-order valence-electron chi connectivity index (χ2n) is 8.03. The number of aliphatic imine (C=N–C) groups is 1. The van der Waals surface area contributed by atoms with Crippen LogP contribution >= 0.6 is 0 Å². The first kappa shape index (κ1) is 20.7. The highest BCUT2D eigenvalue weighted by Crippen LogP contribution is 2.18. The molecule has 4 rings (SSSR count). The summed E-state index contributed by atoms with van der Waals surface area (Å²) in [6.07, 6.45) is 6.03. The van der Waals surface area contributed by atoms with Crippen LogP contribution in [0.4, 0.5) is 5.69 Å². The quantitative estimate of drug-likeness (QED) is 0.455. The van der Waals surface area contributed by atoms with E-state index in [1.165, 1.54) is 11.3 Å². The standard InChI is InChI=1S/C23H33N5O2/c1-2-24-23(25-18-19-7-9-20(10-8-19)26-11-3-4-12-26)28-15-13-27(14-16-28)22(29)21-6-5-17-30-21/h3-4,7-10,21H,2,5-6,11-18H2,1H3,(H,24,25). The topological polar surface area (TPSA) is 60.4 Å².